The van der Waals surface area contributed by atoms with Crippen LogP contribution in [-0.2, 0) is 0 Å². The molecular formula is C20H25N7OS. The first-order valence-electron chi connectivity index (χ1n) is 9.63. The molecule has 3 heterocycles. The highest BCUT2D eigenvalue weighted by Crippen LogP contribution is 2.30. The van der Waals surface area contributed by atoms with Gasteiger partial charge in [0.2, 0.25) is 0 Å². The number of rotatable bonds is 6. The van der Waals surface area contributed by atoms with Crippen molar-refractivity contribution in [3.05, 3.63) is 42.4 Å². The lowest BCUT2D eigenvalue weighted by Crippen LogP contribution is -2.29. The molecule has 152 valence electrons. The normalized spacial score (nSPS) is 14.8. The van der Waals surface area contributed by atoms with Gasteiger partial charge in [-0.3, -0.25) is 9.40 Å². The maximum Gasteiger partial charge on any atom is 0.263 e. The maximum atomic E-state index is 6.02. The van der Waals surface area contributed by atoms with Gasteiger partial charge in [-0.15, -0.1) is 0 Å². The molecule has 0 saturated carbocycles. The monoisotopic (exact) mass is 411 g/mol. The summed E-state index contributed by atoms with van der Waals surface area (Å²) in [5.41, 5.74) is 8.84. The molecule has 0 radical (unpaired) electrons. The number of anilines is 1. The fraction of sp³-hybridized carbons (Fsp3) is 0.350. The third-order valence-electron chi connectivity index (χ3n) is 4.81. The highest BCUT2D eigenvalue weighted by atomic mass is 32.2. The molecule has 0 aliphatic carbocycles. The summed E-state index contributed by atoms with van der Waals surface area (Å²) in [6.07, 6.45) is 7.38. The van der Waals surface area contributed by atoms with Gasteiger partial charge in [0.25, 0.3) is 5.88 Å². The number of nitrogen functional groups attached to an aromatic ring is 1. The summed E-state index contributed by atoms with van der Waals surface area (Å²) in [6.45, 7) is 4.07. The first-order valence-corrected chi connectivity index (χ1v) is 10.4. The van der Waals surface area contributed by atoms with Crippen molar-refractivity contribution in [3.8, 4) is 22.9 Å². The molecular weight excluding hydrogens is 386 g/mol. The Hall–Kier alpha value is -2.62. The summed E-state index contributed by atoms with van der Waals surface area (Å²) in [4.78, 5) is 10.0. The van der Waals surface area contributed by atoms with Gasteiger partial charge in [0, 0.05) is 10.5 Å². The Morgan fingerprint density at radius 1 is 1.24 bits per heavy atom. The van der Waals surface area contributed by atoms with Crippen LogP contribution in [0, 0.1) is 6.92 Å². The van der Waals surface area contributed by atoms with Gasteiger partial charge in [-0.2, -0.15) is 5.10 Å². The molecule has 4 rings (SSSR count). The first-order chi connectivity index (χ1) is 14.1. The predicted octanol–water partition coefficient (Wildman–Crippen LogP) is 3.17. The van der Waals surface area contributed by atoms with Crippen molar-refractivity contribution in [1.29, 1.82) is 0 Å². The van der Waals surface area contributed by atoms with Crippen LogP contribution in [0.4, 0.5) is 5.82 Å². The average molecular weight is 412 g/mol. The Bertz CT molecular complexity index is 985. The van der Waals surface area contributed by atoms with Gasteiger partial charge < -0.3 is 15.8 Å². The molecule has 29 heavy (non-hydrogen) atoms. The number of hydrogen-bond acceptors (Lipinski definition) is 8. The van der Waals surface area contributed by atoms with E-state index in [9.17, 15) is 0 Å². The topological polar surface area (TPSA) is 103 Å². The Balaban J connectivity index is 1.57. The molecule has 9 heteroatoms. The van der Waals surface area contributed by atoms with Crippen molar-refractivity contribution in [2.75, 3.05) is 25.9 Å². The molecule has 2 aromatic heterocycles. The zero-order chi connectivity index (χ0) is 20.2. The average Bonchev–Trinajstić information content (AvgIpc) is 3.19. The number of nitrogens with one attached hydrogen (secondary N) is 2. The van der Waals surface area contributed by atoms with Crippen LogP contribution >= 0.6 is 11.9 Å². The Kier molecular flexibility index (Phi) is 5.98. The highest BCUT2D eigenvalue weighted by molar-refractivity contribution is 7.97. The lowest BCUT2D eigenvalue weighted by Gasteiger charge is -2.22. The van der Waals surface area contributed by atoms with Gasteiger partial charge in [-0.25, -0.2) is 9.97 Å². The lowest BCUT2D eigenvalue weighted by molar-refractivity contribution is 0.342. The molecule has 1 saturated heterocycles. The molecule has 0 unspecified atom stereocenters. The molecule has 1 aromatic carbocycles. The molecule has 1 fully saturated rings. The van der Waals surface area contributed by atoms with Crippen LogP contribution < -0.4 is 20.5 Å². The second-order valence-electron chi connectivity index (χ2n) is 7.03. The van der Waals surface area contributed by atoms with E-state index in [0.717, 1.165) is 42.0 Å². The van der Waals surface area contributed by atoms with E-state index in [1.165, 1.54) is 0 Å². The molecule has 0 amide bonds. The molecule has 0 spiro atoms. The number of piperidine rings is 1. The number of nitrogens with zero attached hydrogens (tertiary/aromatic N) is 4. The third kappa shape index (κ3) is 4.69. The van der Waals surface area contributed by atoms with E-state index >= 15 is 0 Å². The van der Waals surface area contributed by atoms with E-state index in [0.29, 0.717) is 17.5 Å². The van der Waals surface area contributed by atoms with Gasteiger partial charge in [0.15, 0.2) is 11.6 Å². The summed E-state index contributed by atoms with van der Waals surface area (Å²) >= 11 is 1.55. The lowest BCUT2D eigenvalue weighted by atomic mass is 10.1. The van der Waals surface area contributed by atoms with E-state index in [1.54, 1.807) is 24.3 Å². The van der Waals surface area contributed by atoms with Crippen LogP contribution in [-0.4, -0.2) is 39.9 Å². The zero-order valence-corrected chi connectivity index (χ0v) is 17.4. The molecule has 1 aliphatic rings. The van der Waals surface area contributed by atoms with Crippen LogP contribution in [0.1, 0.15) is 24.4 Å². The minimum absolute atomic E-state index is 0.251. The Labute approximate surface area is 174 Å². The number of ether oxygens (including phenoxy) is 1. The van der Waals surface area contributed by atoms with E-state index in [-0.39, 0.29) is 11.7 Å². The van der Waals surface area contributed by atoms with Crippen molar-refractivity contribution in [2.45, 2.75) is 30.7 Å². The minimum atomic E-state index is 0.251. The number of nitrogens with two attached hydrogens (primary N) is 1. The molecule has 0 atom stereocenters. The molecule has 3 aromatic rings. The number of aromatic nitrogens is 4. The second kappa shape index (κ2) is 8.81. The summed E-state index contributed by atoms with van der Waals surface area (Å²) < 4.78 is 11.0. The fourth-order valence-corrected chi connectivity index (χ4v) is 4.09. The fourth-order valence-electron chi connectivity index (χ4n) is 3.42. The van der Waals surface area contributed by atoms with Crippen LogP contribution in [0.3, 0.4) is 0 Å². The van der Waals surface area contributed by atoms with Gasteiger partial charge in [0.05, 0.1) is 30.3 Å². The second-order valence-corrected chi connectivity index (χ2v) is 8.11. The number of benzene rings is 1. The van der Waals surface area contributed by atoms with Crippen molar-refractivity contribution in [1.82, 2.24) is 29.8 Å². The highest BCUT2D eigenvalue weighted by Gasteiger charge is 2.17. The van der Waals surface area contributed by atoms with Gasteiger partial charge in [-0.05, 0) is 75.6 Å². The zero-order valence-electron chi connectivity index (χ0n) is 16.6. The SMILES string of the molecule is CNSc1cc(C)cc(-c2cnc(N)c(Oc3cnn(C4CCNCC4)c3)n2)c1. The maximum absolute atomic E-state index is 6.02. The van der Waals surface area contributed by atoms with Crippen LogP contribution in [0.2, 0.25) is 0 Å². The third-order valence-corrected chi connectivity index (χ3v) is 5.48. The van der Waals surface area contributed by atoms with E-state index in [4.69, 9.17) is 10.5 Å². The molecule has 4 N–H and O–H groups in total. The number of aryl methyl sites for hydroxylation is 1. The summed E-state index contributed by atoms with van der Waals surface area (Å²) in [5.74, 6) is 1.15. The van der Waals surface area contributed by atoms with Gasteiger partial charge >= 0.3 is 0 Å². The van der Waals surface area contributed by atoms with Crippen LogP contribution in [0.5, 0.6) is 11.6 Å². The number of hydrogen-bond donors (Lipinski definition) is 3. The largest absolute Gasteiger partial charge is 0.433 e. The summed E-state index contributed by atoms with van der Waals surface area (Å²) in [6, 6.07) is 6.63. The van der Waals surface area contributed by atoms with Gasteiger partial charge in [0.1, 0.15) is 0 Å². The molecule has 0 bridgehead atoms. The van der Waals surface area contributed by atoms with E-state index in [2.05, 4.69) is 50.2 Å². The Morgan fingerprint density at radius 2 is 2.07 bits per heavy atom. The van der Waals surface area contributed by atoms with Gasteiger partial charge in [-0.1, -0.05) is 0 Å². The summed E-state index contributed by atoms with van der Waals surface area (Å²) in [5, 5.41) is 7.82. The minimum Gasteiger partial charge on any atom is -0.433 e. The van der Waals surface area contributed by atoms with E-state index < -0.39 is 0 Å². The van der Waals surface area contributed by atoms with Crippen LogP contribution in [0.15, 0.2) is 41.7 Å². The quantitative estimate of drug-likeness (QED) is 0.532. The summed E-state index contributed by atoms with van der Waals surface area (Å²) in [7, 11) is 1.89. The first kappa shape index (κ1) is 19.7. The van der Waals surface area contributed by atoms with Crippen molar-refractivity contribution >= 4 is 17.8 Å². The molecule has 8 nitrogen and oxygen atoms in total. The van der Waals surface area contributed by atoms with Crippen LogP contribution in [0.25, 0.3) is 11.3 Å². The van der Waals surface area contributed by atoms with Crippen molar-refractivity contribution in [3.63, 3.8) is 0 Å². The Morgan fingerprint density at radius 3 is 2.86 bits per heavy atom. The van der Waals surface area contributed by atoms with Crippen molar-refractivity contribution < 1.29 is 4.74 Å². The van der Waals surface area contributed by atoms with Crippen molar-refractivity contribution in [2.24, 2.45) is 0 Å². The smallest absolute Gasteiger partial charge is 0.263 e. The van der Waals surface area contributed by atoms with E-state index in [1.807, 2.05) is 17.9 Å². The predicted molar refractivity (Wildman–Crippen MR) is 115 cm³/mol. The standard InChI is InChI=1S/C20H25N7OS/c1-13-7-14(9-17(8-13)29-22-2)18-11-24-19(21)20(26-18)28-16-10-25-27(12-16)15-3-5-23-6-4-15/h7-12,15,22-23H,3-6H2,1-2H3,(H2,21,24). The molecule has 1 aliphatic heterocycles.